The summed E-state index contributed by atoms with van der Waals surface area (Å²) in [5.41, 5.74) is 0.974. The molecule has 1 aliphatic rings. The lowest BCUT2D eigenvalue weighted by Gasteiger charge is -2.36. The maximum Gasteiger partial charge on any atom is 0.262 e. The number of hydrogen-bond donors (Lipinski definition) is 2. The van der Waals surface area contributed by atoms with E-state index in [0.717, 1.165) is 19.0 Å². The number of H-pyrrole nitrogens is 1. The van der Waals surface area contributed by atoms with Crippen LogP contribution in [-0.4, -0.2) is 40.0 Å². The van der Waals surface area contributed by atoms with Crippen molar-refractivity contribution in [1.82, 2.24) is 19.8 Å². The molecule has 1 aliphatic heterocycles. The zero-order valence-electron chi connectivity index (χ0n) is 17.9. The third-order valence-electron chi connectivity index (χ3n) is 6.15. The predicted octanol–water partition coefficient (Wildman–Crippen LogP) is 4.34. The van der Waals surface area contributed by atoms with Gasteiger partial charge in [-0.2, -0.15) is 0 Å². The second kappa shape index (κ2) is 9.46. The minimum Gasteiger partial charge on any atom is -0.350 e. The molecule has 2 aromatic heterocycles. The van der Waals surface area contributed by atoms with Gasteiger partial charge in [0, 0.05) is 23.5 Å². The van der Waals surface area contributed by atoms with Crippen LogP contribution in [0, 0.1) is 10.7 Å². The molecular weight excluding hydrogens is 428 g/mol. The van der Waals surface area contributed by atoms with Crippen LogP contribution in [0.25, 0.3) is 10.9 Å². The molecule has 31 heavy (non-hydrogen) atoms. The molecule has 6 nitrogen and oxygen atoms in total. The van der Waals surface area contributed by atoms with Gasteiger partial charge in [0.05, 0.1) is 16.9 Å². The molecule has 0 spiro atoms. The van der Waals surface area contributed by atoms with E-state index in [1.54, 1.807) is 29.5 Å². The number of amides is 1. The number of nitrogens with zero attached hydrogens (tertiary/aromatic N) is 2. The molecule has 4 rings (SSSR count). The molecule has 0 radical (unpaired) electrons. The van der Waals surface area contributed by atoms with E-state index >= 15 is 0 Å². The fourth-order valence-electron chi connectivity index (χ4n) is 4.21. The summed E-state index contributed by atoms with van der Waals surface area (Å²) in [7, 11) is 0. The van der Waals surface area contributed by atoms with Gasteiger partial charge in [0.25, 0.3) is 11.5 Å². The summed E-state index contributed by atoms with van der Waals surface area (Å²) in [6, 6.07) is 9.51. The maximum atomic E-state index is 12.9. The molecule has 8 heteroatoms. The molecule has 1 amide bonds. The first kappa shape index (κ1) is 21.9. The number of rotatable bonds is 6. The van der Waals surface area contributed by atoms with Gasteiger partial charge >= 0.3 is 0 Å². The van der Waals surface area contributed by atoms with Crippen LogP contribution in [0.2, 0.25) is 0 Å². The van der Waals surface area contributed by atoms with Crippen LogP contribution in [0.3, 0.4) is 0 Å². The fourth-order valence-corrected chi connectivity index (χ4v) is 5.39. The number of benzene rings is 1. The lowest BCUT2D eigenvalue weighted by atomic mass is 9.97. The summed E-state index contributed by atoms with van der Waals surface area (Å²) < 4.78 is 1.89. The van der Waals surface area contributed by atoms with Crippen LogP contribution in [0.15, 0.2) is 40.5 Å². The standard InChI is InChI=1S/C23H28N4O2S2/c1-3-27-22(29)17-7-6-16(13-18(17)25-23(27)30)21(28)24-14-19(20-5-4-12-31-20)26-10-8-15(2)9-11-26/h4-7,12-13,15,19H,3,8-11,14H2,1-2H3,(H,24,28)(H,25,30). The molecule has 1 atom stereocenters. The molecule has 1 aromatic carbocycles. The lowest BCUT2D eigenvalue weighted by molar-refractivity contribution is 0.0915. The van der Waals surface area contributed by atoms with Crippen LogP contribution in [0.5, 0.6) is 0 Å². The van der Waals surface area contributed by atoms with E-state index in [1.807, 2.05) is 6.92 Å². The Bertz CT molecular complexity index is 1170. The first-order valence-electron chi connectivity index (χ1n) is 10.8. The minimum absolute atomic E-state index is 0.134. The average molecular weight is 457 g/mol. The number of piperidine rings is 1. The first-order chi connectivity index (χ1) is 15.0. The smallest absolute Gasteiger partial charge is 0.262 e. The second-order valence-corrected chi connectivity index (χ2v) is 9.57. The van der Waals surface area contributed by atoms with Gasteiger partial charge in [0.2, 0.25) is 0 Å². The van der Waals surface area contributed by atoms with Crippen molar-refractivity contribution in [3.8, 4) is 0 Å². The van der Waals surface area contributed by atoms with Crippen molar-refractivity contribution in [3.63, 3.8) is 0 Å². The number of fused-ring (bicyclic) bond motifs is 1. The van der Waals surface area contributed by atoms with Crippen LogP contribution in [0.1, 0.15) is 48.0 Å². The monoisotopic (exact) mass is 456 g/mol. The molecule has 3 heterocycles. The van der Waals surface area contributed by atoms with Gasteiger partial charge in [0.1, 0.15) is 0 Å². The van der Waals surface area contributed by atoms with Gasteiger partial charge in [-0.1, -0.05) is 13.0 Å². The number of aromatic nitrogens is 2. The predicted molar refractivity (Wildman–Crippen MR) is 128 cm³/mol. The Morgan fingerprint density at radius 3 is 2.77 bits per heavy atom. The first-order valence-corrected chi connectivity index (χ1v) is 12.1. The summed E-state index contributed by atoms with van der Waals surface area (Å²) in [5.74, 6) is 0.614. The summed E-state index contributed by atoms with van der Waals surface area (Å²) in [6.07, 6.45) is 2.38. The highest BCUT2D eigenvalue weighted by Crippen LogP contribution is 2.29. The van der Waals surface area contributed by atoms with E-state index in [-0.39, 0.29) is 17.5 Å². The van der Waals surface area contributed by atoms with Crippen molar-refractivity contribution >= 4 is 40.4 Å². The van der Waals surface area contributed by atoms with Gasteiger partial charge < -0.3 is 10.3 Å². The number of carbonyl (C=O) groups excluding carboxylic acids is 1. The Balaban J connectivity index is 1.53. The number of nitrogens with one attached hydrogen (secondary N) is 2. The number of hydrogen-bond acceptors (Lipinski definition) is 5. The van der Waals surface area contributed by atoms with Crippen molar-refractivity contribution in [3.05, 3.63) is 61.3 Å². The zero-order valence-corrected chi connectivity index (χ0v) is 19.5. The van der Waals surface area contributed by atoms with E-state index in [1.165, 1.54) is 22.3 Å². The SMILES string of the molecule is CCn1c(=S)[nH]c2cc(C(=O)NCC(c3cccs3)N3CCC(C)CC3)ccc2c1=O. The van der Waals surface area contributed by atoms with Crippen LogP contribution < -0.4 is 10.9 Å². The van der Waals surface area contributed by atoms with Crippen molar-refractivity contribution in [2.75, 3.05) is 19.6 Å². The summed E-state index contributed by atoms with van der Waals surface area (Å²) in [6.45, 7) is 7.35. The van der Waals surface area contributed by atoms with Crippen molar-refractivity contribution in [1.29, 1.82) is 0 Å². The van der Waals surface area contributed by atoms with Gasteiger partial charge in [-0.3, -0.25) is 19.1 Å². The van der Waals surface area contributed by atoms with E-state index in [0.29, 0.717) is 34.3 Å². The minimum atomic E-state index is -0.146. The van der Waals surface area contributed by atoms with Crippen molar-refractivity contribution in [2.45, 2.75) is 39.3 Å². The highest BCUT2D eigenvalue weighted by atomic mass is 32.1. The Labute approximate surface area is 190 Å². The molecule has 1 unspecified atom stereocenters. The molecule has 1 fully saturated rings. The molecule has 2 N–H and O–H groups in total. The lowest BCUT2D eigenvalue weighted by Crippen LogP contribution is -2.41. The molecule has 1 saturated heterocycles. The van der Waals surface area contributed by atoms with Gasteiger partial charge in [-0.15, -0.1) is 11.3 Å². The Morgan fingerprint density at radius 2 is 2.10 bits per heavy atom. The molecular formula is C23H28N4O2S2. The Morgan fingerprint density at radius 1 is 1.32 bits per heavy atom. The number of likely N-dealkylation sites (tertiary alicyclic amines) is 1. The van der Waals surface area contributed by atoms with Crippen molar-refractivity contribution < 1.29 is 4.79 Å². The van der Waals surface area contributed by atoms with E-state index in [4.69, 9.17) is 12.2 Å². The van der Waals surface area contributed by atoms with E-state index < -0.39 is 0 Å². The third-order valence-corrected chi connectivity index (χ3v) is 7.44. The van der Waals surface area contributed by atoms with Crippen molar-refractivity contribution in [2.24, 2.45) is 5.92 Å². The largest absolute Gasteiger partial charge is 0.350 e. The number of aromatic amines is 1. The van der Waals surface area contributed by atoms with Crippen LogP contribution in [-0.2, 0) is 6.54 Å². The molecule has 0 aliphatic carbocycles. The van der Waals surface area contributed by atoms with Crippen LogP contribution >= 0.6 is 23.6 Å². The molecule has 0 saturated carbocycles. The summed E-state index contributed by atoms with van der Waals surface area (Å²) in [4.78, 5) is 32.4. The van der Waals surface area contributed by atoms with Gasteiger partial charge in [0.15, 0.2) is 4.77 Å². The average Bonchev–Trinajstić information content (AvgIpc) is 3.29. The summed E-state index contributed by atoms with van der Waals surface area (Å²) >= 11 is 7.02. The molecule has 3 aromatic rings. The second-order valence-electron chi connectivity index (χ2n) is 8.20. The number of thiophene rings is 1. The topological polar surface area (TPSA) is 70.1 Å². The molecule has 164 valence electrons. The highest BCUT2D eigenvalue weighted by Gasteiger charge is 2.26. The van der Waals surface area contributed by atoms with Gasteiger partial charge in [-0.25, -0.2) is 0 Å². The third kappa shape index (κ3) is 4.66. The quantitative estimate of drug-likeness (QED) is 0.541. The maximum absolute atomic E-state index is 12.9. The normalized spacial score (nSPS) is 16.5. The highest BCUT2D eigenvalue weighted by molar-refractivity contribution is 7.71. The Hall–Kier alpha value is -2.29. The van der Waals surface area contributed by atoms with E-state index in [9.17, 15) is 9.59 Å². The number of carbonyl (C=O) groups is 1. The van der Waals surface area contributed by atoms with Crippen LogP contribution in [0.4, 0.5) is 0 Å². The summed E-state index contributed by atoms with van der Waals surface area (Å²) in [5, 5.41) is 5.74. The molecule has 0 bridgehead atoms. The zero-order chi connectivity index (χ0) is 22.0. The Kier molecular flexibility index (Phi) is 6.69. The fraction of sp³-hybridized carbons (Fsp3) is 0.435. The van der Waals surface area contributed by atoms with E-state index in [2.05, 4.69) is 39.6 Å². The van der Waals surface area contributed by atoms with Gasteiger partial charge in [-0.05, 0) is 80.6 Å².